The number of halogens is 1. The monoisotopic (exact) mass is 572 g/mol. The van der Waals surface area contributed by atoms with Crippen molar-refractivity contribution in [3.05, 3.63) is 81.2 Å². The molecule has 0 atom stereocenters. The number of nitrogens with zero attached hydrogens (tertiary/aromatic N) is 5. The fraction of sp³-hybridized carbons (Fsp3) is 0.355. The maximum atomic E-state index is 13.3. The fourth-order valence-corrected chi connectivity index (χ4v) is 6.04. The van der Waals surface area contributed by atoms with Crippen LogP contribution in [0.3, 0.4) is 0 Å². The zero-order valence-corrected chi connectivity index (χ0v) is 24.5. The lowest BCUT2D eigenvalue weighted by molar-refractivity contribution is -0.132. The Labute approximate surface area is 244 Å². The second-order valence-electron chi connectivity index (χ2n) is 11.0. The molecule has 10 heteroatoms. The molecular formula is C31H33ClN6O3. The molecule has 2 aliphatic rings. The number of fused-ring (bicyclic) bond motifs is 2. The van der Waals surface area contributed by atoms with Gasteiger partial charge >= 0.3 is 0 Å². The van der Waals surface area contributed by atoms with Gasteiger partial charge in [0.2, 0.25) is 17.6 Å². The van der Waals surface area contributed by atoms with E-state index in [0.29, 0.717) is 42.9 Å². The quantitative estimate of drug-likeness (QED) is 0.332. The Morgan fingerprint density at radius 1 is 1.05 bits per heavy atom. The van der Waals surface area contributed by atoms with Gasteiger partial charge in [0, 0.05) is 49.8 Å². The van der Waals surface area contributed by atoms with Gasteiger partial charge in [-0.1, -0.05) is 41.9 Å². The Morgan fingerprint density at radius 2 is 1.80 bits per heavy atom. The van der Waals surface area contributed by atoms with Gasteiger partial charge in [-0.25, -0.2) is 9.97 Å². The minimum Gasteiger partial charge on any atom is -0.439 e. The third kappa shape index (κ3) is 5.09. The maximum Gasteiger partial charge on any atom is 0.237 e. The van der Waals surface area contributed by atoms with Gasteiger partial charge in [0.25, 0.3) is 0 Å². The Bertz CT molecular complexity index is 1650. The Balaban J connectivity index is 1.25. The van der Waals surface area contributed by atoms with Crippen molar-refractivity contribution in [2.45, 2.75) is 39.4 Å². The lowest BCUT2D eigenvalue weighted by Gasteiger charge is -2.18. The summed E-state index contributed by atoms with van der Waals surface area (Å²) in [6.45, 7) is 4.81. The van der Waals surface area contributed by atoms with E-state index in [1.54, 1.807) is 4.90 Å². The third-order valence-corrected chi connectivity index (χ3v) is 8.36. The predicted molar refractivity (Wildman–Crippen MR) is 157 cm³/mol. The minimum absolute atomic E-state index is 0.0513. The second kappa shape index (κ2) is 10.9. The van der Waals surface area contributed by atoms with Crippen molar-refractivity contribution in [3.8, 4) is 22.6 Å². The van der Waals surface area contributed by atoms with Crippen molar-refractivity contribution in [1.82, 2.24) is 29.7 Å². The van der Waals surface area contributed by atoms with Crippen molar-refractivity contribution in [2.75, 3.05) is 27.2 Å². The van der Waals surface area contributed by atoms with E-state index in [4.69, 9.17) is 21.0 Å². The summed E-state index contributed by atoms with van der Waals surface area (Å²) in [5, 5.41) is 3.86. The zero-order chi connectivity index (χ0) is 28.8. The average molecular weight is 573 g/mol. The predicted octanol–water partition coefficient (Wildman–Crippen LogP) is 4.18. The molecule has 1 amide bonds. The van der Waals surface area contributed by atoms with Crippen LogP contribution >= 0.6 is 11.6 Å². The van der Waals surface area contributed by atoms with E-state index in [1.165, 1.54) is 0 Å². The van der Waals surface area contributed by atoms with Crippen LogP contribution in [0.4, 0.5) is 0 Å². The van der Waals surface area contributed by atoms with Crippen LogP contribution in [-0.4, -0.2) is 63.2 Å². The standard InChI is InChI=1S/C31H33ClN6O3/c1-18-20(8-6-9-21(18)31-35-24-15-38(16-27(24)41-31)28(40)17-36(2)3)22-10-5-7-19(29(22)32)13-26(39)30-34-23-14-33-12-11-25(23)37(30)4/h5-10,33H,11-17H2,1-4H3. The van der Waals surface area contributed by atoms with Gasteiger partial charge in [-0.05, 0) is 43.8 Å². The molecule has 0 saturated carbocycles. The number of carbonyl (C=O) groups excluding carboxylic acids is 2. The van der Waals surface area contributed by atoms with Gasteiger partial charge in [-0.3, -0.25) is 9.59 Å². The molecule has 0 saturated heterocycles. The first kappa shape index (κ1) is 27.4. The number of benzene rings is 2. The van der Waals surface area contributed by atoms with Crippen molar-refractivity contribution in [1.29, 1.82) is 0 Å². The fourth-order valence-electron chi connectivity index (χ4n) is 5.74. The summed E-state index contributed by atoms with van der Waals surface area (Å²) in [4.78, 5) is 38.8. The number of carbonyl (C=O) groups is 2. The molecule has 6 rings (SSSR count). The second-order valence-corrected chi connectivity index (χ2v) is 11.4. The molecule has 4 heterocycles. The summed E-state index contributed by atoms with van der Waals surface area (Å²) in [6.07, 6.45) is 1.02. The minimum atomic E-state index is -0.0566. The molecule has 212 valence electrons. The molecule has 0 radical (unpaired) electrons. The molecule has 2 aromatic heterocycles. The number of amides is 1. The first-order chi connectivity index (χ1) is 19.7. The molecule has 2 aromatic carbocycles. The van der Waals surface area contributed by atoms with Gasteiger partial charge in [0.05, 0.1) is 30.4 Å². The summed E-state index contributed by atoms with van der Waals surface area (Å²) in [6, 6.07) is 11.8. The summed E-state index contributed by atoms with van der Waals surface area (Å²) in [5.41, 5.74) is 7.25. The number of hydrogen-bond acceptors (Lipinski definition) is 7. The molecule has 2 aliphatic heterocycles. The number of imidazole rings is 1. The van der Waals surface area contributed by atoms with Crippen LogP contribution in [0.15, 0.2) is 40.8 Å². The number of hydrogen-bond donors (Lipinski definition) is 1. The van der Waals surface area contributed by atoms with Crippen LogP contribution in [0, 0.1) is 6.92 Å². The van der Waals surface area contributed by atoms with Crippen LogP contribution in [0.1, 0.15) is 44.6 Å². The molecule has 0 fully saturated rings. The number of likely N-dealkylation sites (N-methyl/N-ethyl adjacent to an activating group) is 1. The summed E-state index contributed by atoms with van der Waals surface area (Å²) in [7, 11) is 5.67. The Morgan fingerprint density at radius 3 is 2.56 bits per heavy atom. The van der Waals surface area contributed by atoms with Gasteiger partial charge in [-0.15, -0.1) is 0 Å². The van der Waals surface area contributed by atoms with Gasteiger partial charge in [0.1, 0.15) is 11.5 Å². The molecule has 4 aromatic rings. The van der Waals surface area contributed by atoms with Gasteiger partial charge < -0.3 is 24.1 Å². The van der Waals surface area contributed by atoms with E-state index in [0.717, 1.165) is 63.6 Å². The van der Waals surface area contributed by atoms with Gasteiger partial charge in [0.15, 0.2) is 5.82 Å². The number of aromatic nitrogens is 3. The maximum absolute atomic E-state index is 13.3. The molecule has 0 unspecified atom stereocenters. The lowest BCUT2D eigenvalue weighted by atomic mass is 9.94. The number of Topliss-reactive ketones (excluding diaryl/α,β-unsaturated/α-hetero) is 1. The molecule has 41 heavy (non-hydrogen) atoms. The lowest BCUT2D eigenvalue weighted by Crippen LogP contribution is -2.34. The van der Waals surface area contributed by atoms with Crippen LogP contribution < -0.4 is 5.32 Å². The first-order valence-corrected chi connectivity index (χ1v) is 14.2. The topological polar surface area (TPSA) is 96.5 Å². The SMILES string of the molecule is Cc1c(-c2nc3c(o2)CN(C(=O)CN(C)C)C3)cccc1-c1cccc(CC(=O)c2nc3c(n2C)CCNC3)c1Cl. The summed E-state index contributed by atoms with van der Waals surface area (Å²) in [5.74, 6) is 1.72. The zero-order valence-electron chi connectivity index (χ0n) is 23.8. The van der Waals surface area contributed by atoms with E-state index in [-0.39, 0.29) is 18.1 Å². The highest BCUT2D eigenvalue weighted by molar-refractivity contribution is 6.34. The van der Waals surface area contributed by atoms with Crippen LogP contribution in [-0.2, 0) is 44.3 Å². The number of rotatable bonds is 7. The largest absolute Gasteiger partial charge is 0.439 e. The van der Waals surface area contributed by atoms with Crippen molar-refractivity contribution >= 4 is 23.3 Å². The van der Waals surface area contributed by atoms with E-state index in [1.807, 2.05) is 73.9 Å². The summed E-state index contributed by atoms with van der Waals surface area (Å²) >= 11 is 6.96. The highest BCUT2D eigenvalue weighted by atomic mass is 35.5. The molecule has 1 N–H and O–H groups in total. The smallest absolute Gasteiger partial charge is 0.237 e. The average Bonchev–Trinajstić information content (AvgIpc) is 3.62. The Kier molecular flexibility index (Phi) is 7.27. The number of nitrogens with one attached hydrogen (secondary N) is 1. The van der Waals surface area contributed by atoms with E-state index < -0.39 is 0 Å². The molecule has 0 spiro atoms. The van der Waals surface area contributed by atoms with E-state index >= 15 is 0 Å². The molecule has 0 bridgehead atoms. The summed E-state index contributed by atoms with van der Waals surface area (Å²) < 4.78 is 8.09. The van der Waals surface area contributed by atoms with Crippen LogP contribution in [0.5, 0.6) is 0 Å². The van der Waals surface area contributed by atoms with Crippen LogP contribution in [0.2, 0.25) is 5.02 Å². The molecular weight excluding hydrogens is 540 g/mol. The first-order valence-electron chi connectivity index (χ1n) is 13.8. The van der Waals surface area contributed by atoms with Crippen molar-refractivity contribution < 1.29 is 14.0 Å². The third-order valence-electron chi connectivity index (χ3n) is 7.92. The van der Waals surface area contributed by atoms with E-state index in [9.17, 15) is 9.59 Å². The number of oxazole rings is 1. The number of ketones is 1. The van der Waals surface area contributed by atoms with Gasteiger partial charge in [-0.2, -0.15) is 0 Å². The van der Waals surface area contributed by atoms with Crippen molar-refractivity contribution in [3.63, 3.8) is 0 Å². The highest BCUT2D eigenvalue weighted by Gasteiger charge is 2.30. The molecule has 9 nitrogen and oxygen atoms in total. The highest BCUT2D eigenvalue weighted by Crippen LogP contribution is 2.38. The normalized spacial score (nSPS) is 14.4. The van der Waals surface area contributed by atoms with Crippen molar-refractivity contribution in [2.24, 2.45) is 7.05 Å². The Hall–Kier alpha value is -3.79. The van der Waals surface area contributed by atoms with E-state index in [2.05, 4.69) is 10.3 Å². The molecule has 0 aliphatic carbocycles. The van der Waals surface area contributed by atoms with Crippen LogP contribution in [0.25, 0.3) is 22.6 Å².